The van der Waals surface area contributed by atoms with E-state index >= 15 is 0 Å². The summed E-state index contributed by atoms with van der Waals surface area (Å²) in [6.45, 7) is 4.86. The van der Waals surface area contributed by atoms with Crippen molar-refractivity contribution in [3.8, 4) is 5.82 Å². The lowest BCUT2D eigenvalue weighted by Gasteiger charge is -2.47. The Bertz CT molecular complexity index is 1060. The van der Waals surface area contributed by atoms with E-state index in [0.717, 1.165) is 0 Å². The van der Waals surface area contributed by atoms with E-state index in [-0.39, 0.29) is 18.5 Å². The number of hydrogen-bond donors (Lipinski definition) is 2. The molecular weight excluding hydrogens is 428 g/mol. The summed E-state index contributed by atoms with van der Waals surface area (Å²) in [7, 11) is 0. The molecule has 0 saturated carbocycles. The van der Waals surface area contributed by atoms with Crippen LogP contribution in [0.1, 0.15) is 31.4 Å². The van der Waals surface area contributed by atoms with Crippen molar-refractivity contribution < 1.29 is 19.4 Å². The van der Waals surface area contributed by atoms with Gasteiger partial charge in [0, 0.05) is 44.5 Å². The Morgan fingerprint density at radius 1 is 1.24 bits per heavy atom. The molecule has 2 saturated heterocycles. The zero-order chi connectivity index (χ0) is 23.0. The third kappa shape index (κ3) is 4.01. The minimum Gasteiger partial charge on any atom is -0.456 e. The van der Waals surface area contributed by atoms with Crippen LogP contribution in [-0.4, -0.2) is 96.8 Å². The number of aromatic nitrogens is 5. The minimum absolute atomic E-state index is 0.00369. The topological polar surface area (TPSA) is 139 Å². The summed E-state index contributed by atoms with van der Waals surface area (Å²) >= 11 is 0. The first-order valence-electron chi connectivity index (χ1n) is 11.0. The van der Waals surface area contributed by atoms with Gasteiger partial charge in [0.2, 0.25) is 5.91 Å². The van der Waals surface area contributed by atoms with Crippen LogP contribution in [0, 0.1) is 0 Å². The Kier molecular flexibility index (Phi) is 5.64. The number of esters is 1. The Morgan fingerprint density at radius 2 is 2.06 bits per heavy atom. The molecule has 0 aliphatic carbocycles. The summed E-state index contributed by atoms with van der Waals surface area (Å²) in [6, 6.07) is 3.57. The van der Waals surface area contributed by atoms with Crippen LogP contribution >= 0.6 is 0 Å². The number of carbonyl (C=O) groups excluding carboxylic acids is 2. The average Bonchev–Trinajstić information content (AvgIpc) is 3.48. The molecule has 0 unspecified atom stereocenters. The lowest BCUT2D eigenvalue weighted by Crippen LogP contribution is -2.67. The normalized spacial score (nSPS) is 22.2. The highest BCUT2D eigenvalue weighted by Gasteiger charge is 2.47. The molecule has 174 valence electrons. The number of cyclic esters (lactones) is 1. The fourth-order valence-electron chi connectivity index (χ4n) is 4.70. The number of β-amino-alcohol motifs (C(OH)–C–C–N with tert-alkyl or cyclic N) is 1. The number of carbonyl (C=O) groups is 2. The van der Waals surface area contributed by atoms with E-state index in [1.165, 1.54) is 11.0 Å². The molecule has 2 fully saturated rings. The van der Waals surface area contributed by atoms with Gasteiger partial charge in [-0.1, -0.05) is 6.07 Å². The third-order valence-electron chi connectivity index (χ3n) is 6.74. The van der Waals surface area contributed by atoms with Gasteiger partial charge in [-0.2, -0.15) is 4.68 Å². The molecule has 0 aromatic carbocycles. The van der Waals surface area contributed by atoms with Gasteiger partial charge in [-0.15, -0.1) is 5.10 Å². The fourth-order valence-corrected chi connectivity index (χ4v) is 4.70. The monoisotopic (exact) mass is 454 g/mol. The zero-order valence-corrected chi connectivity index (χ0v) is 18.3. The van der Waals surface area contributed by atoms with Crippen molar-refractivity contribution in [1.82, 2.24) is 40.3 Å². The van der Waals surface area contributed by atoms with Gasteiger partial charge >= 0.3 is 5.97 Å². The number of pyridine rings is 1. The molecule has 12 nitrogen and oxygen atoms in total. The fraction of sp³-hybridized carbons (Fsp3) is 0.524. The second-order valence-corrected chi connectivity index (χ2v) is 8.63. The zero-order valence-electron chi connectivity index (χ0n) is 18.3. The maximum absolute atomic E-state index is 13.4. The Hall–Kier alpha value is -3.22. The number of rotatable bonds is 5. The predicted octanol–water partition coefficient (Wildman–Crippen LogP) is -0.812. The largest absolute Gasteiger partial charge is 0.456 e. The molecule has 0 radical (unpaired) electrons. The van der Waals surface area contributed by atoms with Crippen LogP contribution in [0.4, 0.5) is 0 Å². The van der Waals surface area contributed by atoms with Gasteiger partial charge in [-0.3, -0.25) is 4.79 Å². The number of amides is 1. The molecule has 12 heteroatoms. The number of piperidine rings is 1. The number of tetrazole rings is 1. The molecule has 0 bridgehead atoms. The molecule has 3 aliphatic rings. The smallest absolute Gasteiger partial charge is 0.336 e. The summed E-state index contributed by atoms with van der Waals surface area (Å²) in [5, 5.41) is 25.1. The molecular formula is C21H26N8O4. The van der Waals surface area contributed by atoms with Crippen molar-refractivity contribution in [2.24, 2.45) is 0 Å². The molecule has 1 amide bonds. The van der Waals surface area contributed by atoms with Crippen LogP contribution in [0.25, 0.3) is 5.82 Å². The van der Waals surface area contributed by atoms with Crippen molar-refractivity contribution in [3.05, 3.63) is 41.5 Å². The Morgan fingerprint density at radius 3 is 2.70 bits per heavy atom. The number of aliphatic hydroxyl groups excluding tert-OH is 1. The van der Waals surface area contributed by atoms with Gasteiger partial charge in [0.15, 0.2) is 5.82 Å². The maximum Gasteiger partial charge on any atom is 0.336 e. The van der Waals surface area contributed by atoms with Crippen LogP contribution in [0.15, 0.2) is 35.9 Å². The quantitative estimate of drug-likeness (QED) is 0.552. The highest BCUT2D eigenvalue weighted by atomic mass is 16.5. The molecule has 2 N–H and O–H groups in total. The molecule has 1 atom stereocenters. The number of likely N-dealkylation sites (tertiary alicyclic amines) is 1. The molecule has 1 spiro atoms. The summed E-state index contributed by atoms with van der Waals surface area (Å²) in [6.07, 6.45) is 3.65. The highest BCUT2D eigenvalue weighted by molar-refractivity contribution is 5.94. The predicted molar refractivity (Wildman–Crippen MR) is 114 cm³/mol. The first kappa shape index (κ1) is 21.6. The SMILES string of the molecule is CC1=C(N2CCNC3(CCN(C[C@@H](O)c4ccc(-n5cnnn5)nc4)CC3)C2=O)COC1=O. The van der Waals surface area contributed by atoms with Gasteiger partial charge in [-0.25, -0.2) is 9.78 Å². The summed E-state index contributed by atoms with van der Waals surface area (Å²) in [5.74, 6) is 0.223. The van der Waals surface area contributed by atoms with Gasteiger partial charge in [0.05, 0.1) is 17.4 Å². The maximum atomic E-state index is 13.4. The van der Waals surface area contributed by atoms with Crippen LogP contribution in [0.5, 0.6) is 0 Å². The summed E-state index contributed by atoms with van der Waals surface area (Å²) in [5.41, 5.74) is 1.26. The molecule has 3 aliphatic heterocycles. The number of aliphatic hydroxyl groups is 1. The first-order valence-corrected chi connectivity index (χ1v) is 11.0. The van der Waals surface area contributed by atoms with E-state index in [0.29, 0.717) is 68.2 Å². The van der Waals surface area contributed by atoms with E-state index in [9.17, 15) is 14.7 Å². The van der Waals surface area contributed by atoms with E-state index in [2.05, 4.69) is 30.7 Å². The number of hydrogen-bond acceptors (Lipinski definition) is 10. The van der Waals surface area contributed by atoms with E-state index in [4.69, 9.17) is 4.74 Å². The number of piperazine rings is 1. The molecule has 33 heavy (non-hydrogen) atoms. The van der Waals surface area contributed by atoms with E-state index in [1.54, 1.807) is 24.1 Å². The second-order valence-electron chi connectivity index (χ2n) is 8.63. The van der Waals surface area contributed by atoms with Crippen molar-refractivity contribution in [2.75, 3.05) is 39.3 Å². The number of ether oxygens (including phenoxy) is 1. The lowest BCUT2D eigenvalue weighted by atomic mass is 9.84. The van der Waals surface area contributed by atoms with Crippen molar-refractivity contribution in [3.63, 3.8) is 0 Å². The van der Waals surface area contributed by atoms with E-state index < -0.39 is 11.6 Å². The van der Waals surface area contributed by atoms with Crippen LogP contribution in [0.2, 0.25) is 0 Å². The standard InChI is InChI=1S/C21H26N8O4/c1-14-16(12-33-19(14)31)28-9-6-23-21(20(28)32)4-7-27(8-5-21)11-17(30)15-2-3-18(22-10-15)29-13-24-25-26-29/h2-3,10,13,17,23,30H,4-9,11-12H2,1H3/t17-/m1/s1. The minimum atomic E-state index is -0.699. The number of nitrogens with one attached hydrogen (secondary N) is 1. The Labute approximate surface area is 190 Å². The highest BCUT2D eigenvalue weighted by Crippen LogP contribution is 2.31. The van der Waals surface area contributed by atoms with Crippen LogP contribution < -0.4 is 5.32 Å². The van der Waals surface area contributed by atoms with Gasteiger partial charge < -0.3 is 25.0 Å². The van der Waals surface area contributed by atoms with Gasteiger partial charge in [0.1, 0.15) is 18.5 Å². The first-order chi connectivity index (χ1) is 16.0. The van der Waals surface area contributed by atoms with Crippen molar-refractivity contribution in [1.29, 1.82) is 0 Å². The van der Waals surface area contributed by atoms with Crippen molar-refractivity contribution in [2.45, 2.75) is 31.4 Å². The molecule has 2 aromatic rings. The van der Waals surface area contributed by atoms with Gasteiger partial charge in [0.25, 0.3) is 0 Å². The molecule has 5 heterocycles. The second kappa shape index (κ2) is 8.61. The van der Waals surface area contributed by atoms with Crippen LogP contribution in [-0.2, 0) is 14.3 Å². The lowest BCUT2D eigenvalue weighted by molar-refractivity contribution is -0.142. The molecule has 5 rings (SSSR count). The van der Waals surface area contributed by atoms with Crippen molar-refractivity contribution >= 4 is 11.9 Å². The Balaban J connectivity index is 1.20. The summed E-state index contributed by atoms with van der Waals surface area (Å²) < 4.78 is 6.55. The van der Waals surface area contributed by atoms with Crippen LogP contribution in [0.3, 0.4) is 0 Å². The third-order valence-corrected chi connectivity index (χ3v) is 6.74. The van der Waals surface area contributed by atoms with Gasteiger partial charge in [-0.05, 0) is 36.3 Å². The summed E-state index contributed by atoms with van der Waals surface area (Å²) in [4.78, 5) is 33.4. The van der Waals surface area contributed by atoms with E-state index in [1.807, 2.05) is 6.07 Å². The number of nitrogens with zero attached hydrogens (tertiary/aromatic N) is 7. The molecule has 2 aromatic heterocycles. The average molecular weight is 454 g/mol.